The second-order valence-electron chi connectivity index (χ2n) is 4.73. The van der Waals surface area contributed by atoms with E-state index in [0.717, 1.165) is 5.76 Å². The van der Waals surface area contributed by atoms with Gasteiger partial charge in [-0.15, -0.1) is 0 Å². The number of nitrogens with zero attached hydrogens (tertiary/aromatic N) is 3. The largest absolute Gasteiger partial charge is 0.467 e. The van der Waals surface area contributed by atoms with Crippen molar-refractivity contribution < 1.29 is 13.9 Å². The summed E-state index contributed by atoms with van der Waals surface area (Å²) in [5, 5.41) is 3.24. The molecule has 8 heteroatoms. The van der Waals surface area contributed by atoms with E-state index >= 15 is 0 Å². The molecule has 22 heavy (non-hydrogen) atoms. The highest BCUT2D eigenvalue weighted by molar-refractivity contribution is 6.33. The lowest BCUT2D eigenvalue weighted by molar-refractivity contribution is 0.0299. The van der Waals surface area contributed by atoms with Crippen LogP contribution in [-0.4, -0.2) is 47.1 Å². The lowest BCUT2D eigenvalue weighted by Crippen LogP contribution is -2.41. The molecule has 0 bridgehead atoms. The number of ether oxygens (including phenoxy) is 1. The van der Waals surface area contributed by atoms with E-state index in [4.69, 9.17) is 20.8 Å². The van der Waals surface area contributed by atoms with Crippen molar-refractivity contribution in [2.24, 2.45) is 0 Å². The molecule has 1 aliphatic heterocycles. The summed E-state index contributed by atoms with van der Waals surface area (Å²) in [5.74, 6) is 0.869. The minimum absolute atomic E-state index is 0.195. The fourth-order valence-corrected chi connectivity index (χ4v) is 2.27. The first-order valence-electron chi connectivity index (χ1n) is 6.90. The smallest absolute Gasteiger partial charge is 0.274 e. The average molecular weight is 323 g/mol. The molecule has 0 aromatic carbocycles. The van der Waals surface area contributed by atoms with Gasteiger partial charge in [0.1, 0.15) is 5.76 Å². The second-order valence-corrected chi connectivity index (χ2v) is 5.13. The maximum Gasteiger partial charge on any atom is 0.274 e. The number of hydrogen-bond acceptors (Lipinski definition) is 6. The number of anilines is 1. The van der Waals surface area contributed by atoms with Gasteiger partial charge in [-0.3, -0.25) is 4.79 Å². The molecule has 3 rings (SSSR count). The van der Waals surface area contributed by atoms with Gasteiger partial charge in [-0.05, 0) is 12.1 Å². The number of carbonyl (C=O) groups is 1. The zero-order chi connectivity index (χ0) is 15.4. The summed E-state index contributed by atoms with van der Waals surface area (Å²) in [6, 6.07) is 3.63. The highest BCUT2D eigenvalue weighted by Crippen LogP contribution is 2.17. The standard InChI is InChI=1S/C14H15ClN4O3/c15-11-9-17-14(16-8-10-2-1-5-22-10)18-12(11)13(20)19-3-6-21-7-4-19/h1-2,5,9H,3-4,6-8H2,(H,16,17,18). The van der Waals surface area contributed by atoms with Crippen LogP contribution in [0.4, 0.5) is 5.95 Å². The number of amides is 1. The van der Waals surface area contributed by atoms with Gasteiger partial charge in [0.05, 0.1) is 37.2 Å². The Balaban J connectivity index is 1.72. The maximum atomic E-state index is 12.5. The highest BCUT2D eigenvalue weighted by Gasteiger charge is 2.22. The summed E-state index contributed by atoms with van der Waals surface area (Å²) >= 11 is 6.06. The van der Waals surface area contributed by atoms with E-state index in [1.54, 1.807) is 17.2 Å². The molecular formula is C14H15ClN4O3. The molecule has 7 nitrogen and oxygen atoms in total. The van der Waals surface area contributed by atoms with Gasteiger partial charge >= 0.3 is 0 Å². The molecule has 2 aromatic rings. The Morgan fingerprint density at radius 1 is 1.41 bits per heavy atom. The first-order valence-corrected chi connectivity index (χ1v) is 7.27. The zero-order valence-corrected chi connectivity index (χ0v) is 12.5. The van der Waals surface area contributed by atoms with Crippen LogP contribution < -0.4 is 5.32 Å². The SMILES string of the molecule is O=C(c1nc(NCc2ccco2)ncc1Cl)N1CCOCC1. The molecule has 116 valence electrons. The summed E-state index contributed by atoms with van der Waals surface area (Å²) in [7, 11) is 0. The second kappa shape index (κ2) is 6.76. The van der Waals surface area contributed by atoms with Crippen LogP contribution in [0.3, 0.4) is 0 Å². The monoisotopic (exact) mass is 322 g/mol. The Labute approximate surface area is 132 Å². The molecule has 0 spiro atoms. The zero-order valence-electron chi connectivity index (χ0n) is 11.8. The molecule has 0 unspecified atom stereocenters. The average Bonchev–Trinajstić information content (AvgIpc) is 3.08. The third-order valence-corrected chi connectivity index (χ3v) is 3.52. The van der Waals surface area contributed by atoms with Crippen LogP contribution in [0, 0.1) is 0 Å². The minimum atomic E-state index is -0.211. The Morgan fingerprint density at radius 2 is 2.23 bits per heavy atom. The van der Waals surface area contributed by atoms with Gasteiger partial charge in [0.15, 0.2) is 5.69 Å². The molecule has 0 saturated carbocycles. The lowest BCUT2D eigenvalue weighted by atomic mass is 10.3. The minimum Gasteiger partial charge on any atom is -0.467 e. The Kier molecular flexibility index (Phi) is 4.55. The fraction of sp³-hybridized carbons (Fsp3) is 0.357. The van der Waals surface area contributed by atoms with Crippen LogP contribution in [0.1, 0.15) is 16.2 Å². The molecule has 0 aliphatic carbocycles. The van der Waals surface area contributed by atoms with E-state index in [1.165, 1.54) is 6.20 Å². The number of carbonyl (C=O) groups excluding carboxylic acids is 1. The Morgan fingerprint density at radius 3 is 2.95 bits per heavy atom. The predicted molar refractivity (Wildman–Crippen MR) is 79.8 cm³/mol. The summed E-state index contributed by atoms with van der Waals surface area (Å²) in [6.07, 6.45) is 3.01. The first kappa shape index (κ1) is 14.8. The van der Waals surface area contributed by atoms with E-state index in [0.29, 0.717) is 38.8 Å². The van der Waals surface area contributed by atoms with Gasteiger partial charge in [-0.25, -0.2) is 9.97 Å². The van der Waals surface area contributed by atoms with Crippen LogP contribution in [0.25, 0.3) is 0 Å². The van der Waals surface area contributed by atoms with Gasteiger partial charge in [0.2, 0.25) is 5.95 Å². The van der Waals surface area contributed by atoms with Crippen LogP contribution in [0.5, 0.6) is 0 Å². The Hall–Kier alpha value is -2.12. The topological polar surface area (TPSA) is 80.5 Å². The van der Waals surface area contributed by atoms with Crippen molar-refractivity contribution in [1.29, 1.82) is 0 Å². The molecule has 2 aromatic heterocycles. The molecule has 0 radical (unpaired) electrons. The third kappa shape index (κ3) is 3.37. The molecule has 3 heterocycles. The van der Waals surface area contributed by atoms with Gasteiger partial charge in [-0.2, -0.15) is 0 Å². The first-order chi connectivity index (χ1) is 10.7. The third-order valence-electron chi connectivity index (χ3n) is 3.25. The lowest BCUT2D eigenvalue weighted by Gasteiger charge is -2.26. The van der Waals surface area contributed by atoms with Gasteiger partial charge in [0.25, 0.3) is 5.91 Å². The summed E-state index contributed by atoms with van der Waals surface area (Å²) < 4.78 is 10.5. The van der Waals surface area contributed by atoms with Gasteiger partial charge in [0, 0.05) is 13.1 Å². The number of furan rings is 1. The van der Waals surface area contributed by atoms with Crippen LogP contribution >= 0.6 is 11.6 Å². The maximum absolute atomic E-state index is 12.5. The van der Waals surface area contributed by atoms with Crippen molar-refractivity contribution in [3.05, 3.63) is 41.1 Å². The van der Waals surface area contributed by atoms with Crippen LogP contribution in [0.2, 0.25) is 5.02 Å². The number of rotatable bonds is 4. The van der Waals surface area contributed by atoms with Gasteiger partial charge in [-0.1, -0.05) is 11.6 Å². The molecule has 1 saturated heterocycles. The number of nitrogens with one attached hydrogen (secondary N) is 1. The summed E-state index contributed by atoms with van der Waals surface area (Å²) in [4.78, 5) is 22.4. The molecule has 0 atom stereocenters. The molecular weight excluding hydrogens is 308 g/mol. The summed E-state index contributed by atoms with van der Waals surface area (Å²) in [6.45, 7) is 2.55. The molecule has 1 aliphatic rings. The normalized spacial score (nSPS) is 14.9. The molecule has 1 amide bonds. The summed E-state index contributed by atoms with van der Waals surface area (Å²) in [5.41, 5.74) is 0.195. The van der Waals surface area contributed by atoms with Crippen LogP contribution in [0.15, 0.2) is 29.0 Å². The van der Waals surface area contributed by atoms with E-state index in [9.17, 15) is 4.79 Å². The van der Waals surface area contributed by atoms with Gasteiger partial charge < -0.3 is 19.4 Å². The fourth-order valence-electron chi connectivity index (χ4n) is 2.10. The molecule has 1 fully saturated rings. The number of hydrogen-bond donors (Lipinski definition) is 1. The van der Waals surface area contributed by atoms with Crippen LogP contribution in [-0.2, 0) is 11.3 Å². The van der Waals surface area contributed by atoms with Crippen molar-refractivity contribution >= 4 is 23.5 Å². The highest BCUT2D eigenvalue weighted by atomic mass is 35.5. The quantitative estimate of drug-likeness (QED) is 0.924. The number of aromatic nitrogens is 2. The van der Waals surface area contributed by atoms with Crippen molar-refractivity contribution in [2.75, 3.05) is 31.6 Å². The number of halogens is 1. The number of morpholine rings is 1. The van der Waals surface area contributed by atoms with Crippen molar-refractivity contribution in [3.8, 4) is 0 Å². The van der Waals surface area contributed by atoms with E-state index in [2.05, 4.69) is 15.3 Å². The predicted octanol–water partition coefficient (Wildman–Crippen LogP) is 1.81. The van der Waals surface area contributed by atoms with Crippen molar-refractivity contribution in [3.63, 3.8) is 0 Å². The van der Waals surface area contributed by atoms with E-state index in [1.807, 2.05) is 6.07 Å². The Bertz CT molecular complexity index is 642. The van der Waals surface area contributed by atoms with E-state index < -0.39 is 0 Å². The van der Waals surface area contributed by atoms with Crippen molar-refractivity contribution in [1.82, 2.24) is 14.9 Å². The van der Waals surface area contributed by atoms with Crippen molar-refractivity contribution in [2.45, 2.75) is 6.54 Å². The molecule has 1 N–H and O–H groups in total. The van der Waals surface area contributed by atoms with E-state index in [-0.39, 0.29) is 16.6 Å².